The van der Waals surface area contributed by atoms with Crippen molar-refractivity contribution in [1.29, 1.82) is 0 Å². The molecule has 1 aromatic carbocycles. The third-order valence-electron chi connectivity index (χ3n) is 3.10. The average molecular weight is 368 g/mol. The van der Waals surface area contributed by atoms with Crippen LogP contribution < -0.4 is 0 Å². The first kappa shape index (κ1) is 17.1. The second-order valence-electron chi connectivity index (χ2n) is 5.03. The number of nitrogens with zero attached hydrogens (tertiary/aromatic N) is 4. The van der Waals surface area contributed by atoms with Gasteiger partial charge in [0.1, 0.15) is 5.03 Å². The summed E-state index contributed by atoms with van der Waals surface area (Å²) in [6.07, 6.45) is -1.72. The van der Waals surface area contributed by atoms with E-state index >= 15 is 0 Å². The molecule has 1 unspecified atom stereocenters. The first-order valence-electron chi connectivity index (χ1n) is 6.90. The van der Waals surface area contributed by atoms with Crippen molar-refractivity contribution in [3.05, 3.63) is 54.6 Å². The SMILES string of the molecule is CS(=O)(=Nc1ccc(-c2noc(C(F)(F)F)n2)cc1)c1ccccn1. The summed E-state index contributed by atoms with van der Waals surface area (Å²) in [5.74, 6) is -1.61. The average Bonchev–Trinajstić information content (AvgIpc) is 3.06. The Hall–Kier alpha value is -2.75. The Kier molecular flexibility index (Phi) is 4.29. The Bertz CT molecular complexity index is 992. The Labute approximate surface area is 140 Å². The van der Waals surface area contributed by atoms with Gasteiger partial charge in [0, 0.05) is 18.0 Å². The molecule has 3 aromatic rings. The number of alkyl halides is 3. The van der Waals surface area contributed by atoms with Gasteiger partial charge in [-0.25, -0.2) is 9.19 Å². The zero-order chi connectivity index (χ0) is 18.1. The largest absolute Gasteiger partial charge is 0.471 e. The molecule has 2 aromatic heterocycles. The molecule has 0 saturated carbocycles. The highest BCUT2D eigenvalue weighted by Gasteiger charge is 2.38. The van der Waals surface area contributed by atoms with E-state index < -0.39 is 21.8 Å². The highest BCUT2D eigenvalue weighted by atomic mass is 32.2. The lowest BCUT2D eigenvalue weighted by atomic mass is 10.2. The van der Waals surface area contributed by atoms with E-state index in [-0.39, 0.29) is 5.82 Å². The number of hydrogen-bond acceptors (Lipinski definition) is 6. The molecule has 10 heteroatoms. The molecule has 0 aliphatic rings. The van der Waals surface area contributed by atoms with Gasteiger partial charge in [-0.05, 0) is 36.4 Å². The van der Waals surface area contributed by atoms with Crippen LogP contribution in [-0.2, 0) is 15.9 Å². The van der Waals surface area contributed by atoms with Crippen LogP contribution in [-0.4, -0.2) is 25.6 Å². The molecule has 0 aliphatic heterocycles. The van der Waals surface area contributed by atoms with E-state index in [4.69, 9.17) is 0 Å². The van der Waals surface area contributed by atoms with E-state index in [1.165, 1.54) is 36.7 Å². The Morgan fingerprint density at radius 1 is 1.12 bits per heavy atom. The van der Waals surface area contributed by atoms with Crippen molar-refractivity contribution in [2.24, 2.45) is 4.36 Å². The number of rotatable bonds is 3. The van der Waals surface area contributed by atoms with E-state index in [2.05, 4.69) is 24.0 Å². The third kappa shape index (κ3) is 3.85. The van der Waals surface area contributed by atoms with Gasteiger partial charge < -0.3 is 4.52 Å². The van der Waals surface area contributed by atoms with E-state index in [1.54, 1.807) is 18.2 Å². The van der Waals surface area contributed by atoms with E-state index in [0.29, 0.717) is 16.3 Å². The topological polar surface area (TPSA) is 81.2 Å². The van der Waals surface area contributed by atoms with E-state index in [0.717, 1.165) is 0 Å². The van der Waals surface area contributed by atoms with Crippen LogP contribution in [0.5, 0.6) is 0 Å². The fourth-order valence-corrected chi connectivity index (χ4v) is 3.15. The zero-order valence-corrected chi connectivity index (χ0v) is 13.6. The number of halogens is 3. The smallest absolute Gasteiger partial charge is 0.329 e. The quantitative estimate of drug-likeness (QED) is 0.699. The first-order chi connectivity index (χ1) is 11.8. The minimum atomic E-state index is -4.70. The molecule has 0 amide bonds. The van der Waals surface area contributed by atoms with Gasteiger partial charge in [0.05, 0.1) is 15.4 Å². The van der Waals surface area contributed by atoms with Gasteiger partial charge in [-0.15, -0.1) is 0 Å². The van der Waals surface area contributed by atoms with Crippen LogP contribution in [0.25, 0.3) is 11.4 Å². The second kappa shape index (κ2) is 6.28. The summed E-state index contributed by atoms with van der Waals surface area (Å²) in [5.41, 5.74) is 0.708. The number of pyridine rings is 1. The summed E-state index contributed by atoms with van der Waals surface area (Å²) in [7, 11) is -2.74. The van der Waals surface area contributed by atoms with Gasteiger partial charge in [0.2, 0.25) is 5.82 Å². The molecule has 0 spiro atoms. The molecule has 3 rings (SSSR count). The summed E-state index contributed by atoms with van der Waals surface area (Å²) >= 11 is 0. The lowest BCUT2D eigenvalue weighted by molar-refractivity contribution is -0.159. The molecule has 130 valence electrons. The first-order valence-corrected chi connectivity index (χ1v) is 8.82. The van der Waals surface area contributed by atoms with Crippen LogP contribution in [0.4, 0.5) is 18.9 Å². The van der Waals surface area contributed by atoms with Crippen LogP contribution in [0.15, 0.2) is 62.6 Å². The lowest BCUT2D eigenvalue weighted by Crippen LogP contribution is -2.04. The van der Waals surface area contributed by atoms with Crippen LogP contribution in [0.1, 0.15) is 5.89 Å². The van der Waals surface area contributed by atoms with Crippen molar-refractivity contribution < 1.29 is 21.9 Å². The minimum absolute atomic E-state index is 0.194. The van der Waals surface area contributed by atoms with Gasteiger partial charge in [0.25, 0.3) is 0 Å². The van der Waals surface area contributed by atoms with Crippen LogP contribution in [0.2, 0.25) is 0 Å². The van der Waals surface area contributed by atoms with Gasteiger partial charge in [-0.3, -0.25) is 0 Å². The third-order valence-corrected chi connectivity index (χ3v) is 4.68. The predicted octanol–water partition coefficient (Wildman–Crippen LogP) is 3.94. The van der Waals surface area contributed by atoms with Crippen LogP contribution in [0.3, 0.4) is 0 Å². The molecule has 6 nitrogen and oxygen atoms in total. The summed E-state index contributed by atoms with van der Waals surface area (Å²) < 4.78 is 58.4. The summed E-state index contributed by atoms with van der Waals surface area (Å²) in [4.78, 5) is 7.33. The van der Waals surface area contributed by atoms with Crippen molar-refractivity contribution in [2.75, 3.05) is 6.26 Å². The highest BCUT2D eigenvalue weighted by molar-refractivity contribution is 7.93. The normalized spacial score (nSPS) is 14.1. The molecular weight excluding hydrogens is 357 g/mol. The van der Waals surface area contributed by atoms with Crippen LogP contribution in [0, 0.1) is 0 Å². The zero-order valence-electron chi connectivity index (χ0n) is 12.8. The van der Waals surface area contributed by atoms with Gasteiger partial charge in [-0.1, -0.05) is 11.2 Å². The Morgan fingerprint density at radius 2 is 1.84 bits per heavy atom. The molecule has 0 saturated heterocycles. The summed E-state index contributed by atoms with van der Waals surface area (Å²) in [6.45, 7) is 0. The maximum atomic E-state index is 12.6. The molecular formula is C15H11F3N4O2S. The van der Waals surface area contributed by atoms with Crippen molar-refractivity contribution >= 4 is 15.4 Å². The Morgan fingerprint density at radius 3 is 2.40 bits per heavy atom. The summed E-state index contributed by atoms with van der Waals surface area (Å²) in [5, 5.41) is 3.64. The highest BCUT2D eigenvalue weighted by Crippen LogP contribution is 2.30. The van der Waals surface area contributed by atoms with Crippen LogP contribution >= 0.6 is 0 Å². The molecule has 0 radical (unpaired) electrons. The number of aromatic nitrogens is 3. The molecule has 0 fully saturated rings. The second-order valence-corrected chi connectivity index (χ2v) is 7.24. The van der Waals surface area contributed by atoms with Gasteiger partial charge in [-0.2, -0.15) is 22.5 Å². The minimum Gasteiger partial charge on any atom is -0.329 e. The Balaban J connectivity index is 1.89. The predicted molar refractivity (Wildman–Crippen MR) is 83.4 cm³/mol. The maximum absolute atomic E-state index is 12.6. The van der Waals surface area contributed by atoms with Crippen molar-refractivity contribution in [3.8, 4) is 11.4 Å². The monoisotopic (exact) mass is 368 g/mol. The van der Waals surface area contributed by atoms with Gasteiger partial charge in [0.15, 0.2) is 0 Å². The maximum Gasteiger partial charge on any atom is 0.471 e. The van der Waals surface area contributed by atoms with Crippen molar-refractivity contribution in [1.82, 2.24) is 15.1 Å². The lowest BCUT2D eigenvalue weighted by Gasteiger charge is -2.03. The van der Waals surface area contributed by atoms with Gasteiger partial charge >= 0.3 is 12.1 Å². The van der Waals surface area contributed by atoms with E-state index in [9.17, 15) is 17.4 Å². The fourth-order valence-electron chi connectivity index (χ4n) is 1.95. The fraction of sp³-hybridized carbons (Fsp3) is 0.133. The van der Waals surface area contributed by atoms with Crippen molar-refractivity contribution in [3.63, 3.8) is 0 Å². The van der Waals surface area contributed by atoms with E-state index in [1.807, 2.05) is 0 Å². The number of hydrogen-bond donors (Lipinski definition) is 0. The molecule has 1 atom stereocenters. The molecule has 0 aliphatic carbocycles. The standard InChI is InChI=1S/C15H11F3N4O2S/c1-25(23,12-4-2-3-9-19-12)22-11-7-5-10(6-8-11)13-20-14(24-21-13)15(16,17)18/h2-9H,1H3. The van der Waals surface area contributed by atoms with Crippen molar-refractivity contribution in [2.45, 2.75) is 11.2 Å². The molecule has 25 heavy (non-hydrogen) atoms. The molecule has 2 heterocycles. The summed E-state index contributed by atoms with van der Waals surface area (Å²) in [6, 6.07) is 11.0. The molecule has 0 N–H and O–H groups in total. The number of benzene rings is 1. The molecule has 0 bridgehead atoms.